The predicted octanol–water partition coefficient (Wildman–Crippen LogP) is 5.43. The zero-order valence-corrected chi connectivity index (χ0v) is 16.6. The van der Waals surface area contributed by atoms with Gasteiger partial charge in [0.2, 0.25) is 0 Å². The summed E-state index contributed by atoms with van der Waals surface area (Å²) >= 11 is 1.35. The monoisotopic (exact) mass is 409 g/mol. The minimum atomic E-state index is -0.908. The van der Waals surface area contributed by atoms with Crippen LogP contribution in [0.3, 0.4) is 0 Å². The van der Waals surface area contributed by atoms with Crippen molar-refractivity contribution < 1.29 is 13.6 Å². The number of benzene rings is 2. The Morgan fingerprint density at radius 3 is 2.66 bits per heavy atom. The van der Waals surface area contributed by atoms with Crippen LogP contribution in [0, 0.1) is 25.5 Å². The number of amides is 1. The van der Waals surface area contributed by atoms with Crippen LogP contribution in [0.25, 0.3) is 10.2 Å². The number of rotatable bonds is 4. The summed E-state index contributed by atoms with van der Waals surface area (Å²) < 4.78 is 28.6. The van der Waals surface area contributed by atoms with E-state index in [2.05, 4.69) is 9.97 Å². The van der Waals surface area contributed by atoms with Gasteiger partial charge in [-0.05, 0) is 55.3 Å². The van der Waals surface area contributed by atoms with Gasteiger partial charge < -0.3 is 0 Å². The van der Waals surface area contributed by atoms with Crippen LogP contribution in [0.15, 0.2) is 54.7 Å². The van der Waals surface area contributed by atoms with E-state index in [1.807, 2.05) is 32.0 Å². The van der Waals surface area contributed by atoms with Crippen molar-refractivity contribution in [3.05, 3.63) is 88.7 Å². The summed E-state index contributed by atoms with van der Waals surface area (Å²) in [6, 6.07) is 12.3. The smallest absolute Gasteiger partial charge is 0.263 e. The number of carbonyl (C=O) groups is 1. The highest BCUT2D eigenvalue weighted by molar-refractivity contribution is 7.22. The van der Waals surface area contributed by atoms with Crippen LogP contribution in [-0.2, 0) is 6.54 Å². The third-order valence-electron chi connectivity index (χ3n) is 4.50. The second-order valence-corrected chi connectivity index (χ2v) is 7.77. The molecule has 29 heavy (non-hydrogen) atoms. The average molecular weight is 409 g/mol. The molecule has 0 atom stereocenters. The van der Waals surface area contributed by atoms with Gasteiger partial charge in [0.15, 0.2) is 5.13 Å². The van der Waals surface area contributed by atoms with Gasteiger partial charge in [-0.3, -0.25) is 14.7 Å². The van der Waals surface area contributed by atoms with Gasteiger partial charge in [0.1, 0.15) is 11.6 Å². The predicted molar refractivity (Wildman–Crippen MR) is 110 cm³/mol. The van der Waals surface area contributed by atoms with E-state index in [-0.39, 0.29) is 12.1 Å². The summed E-state index contributed by atoms with van der Waals surface area (Å²) in [7, 11) is 0. The van der Waals surface area contributed by atoms with Crippen molar-refractivity contribution in [3.8, 4) is 0 Å². The fourth-order valence-electron chi connectivity index (χ4n) is 3.16. The minimum Gasteiger partial charge on any atom is -0.278 e. The lowest BCUT2D eigenvalue weighted by molar-refractivity contribution is 0.0981. The highest BCUT2D eigenvalue weighted by atomic mass is 32.1. The van der Waals surface area contributed by atoms with Crippen LogP contribution in [0.4, 0.5) is 13.9 Å². The second-order valence-electron chi connectivity index (χ2n) is 6.76. The van der Waals surface area contributed by atoms with Gasteiger partial charge in [0, 0.05) is 12.3 Å². The van der Waals surface area contributed by atoms with Crippen molar-refractivity contribution in [2.24, 2.45) is 0 Å². The molecule has 146 valence electrons. The molecule has 4 rings (SSSR count). The Labute approximate surface area is 170 Å². The summed E-state index contributed by atoms with van der Waals surface area (Å²) in [4.78, 5) is 23.5. The molecule has 2 heterocycles. The van der Waals surface area contributed by atoms with E-state index >= 15 is 0 Å². The molecule has 4 nitrogen and oxygen atoms in total. The minimum absolute atomic E-state index is 0.119. The Bertz CT molecular complexity index is 1210. The second kappa shape index (κ2) is 7.67. The Balaban J connectivity index is 1.82. The molecule has 0 aliphatic carbocycles. The average Bonchev–Trinajstić information content (AvgIpc) is 3.10. The first-order valence-electron chi connectivity index (χ1n) is 8.97. The molecule has 0 bridgehead atoms. The third kappa shape index (κ3) is 3.86. The normalized spacial score (nSPS) is 11.0. The first-order valence-corrected chi connectivity index (χ1v) is 9.78. The van der Waals surface area contributed by atoms with Crippen molar-refractivity contribution in [3.63, 3.8) is 0 Å². The summed E-state index contributed by atoms with van der Waals surface area (Å²) in [5, 5.41) is 0.438. The lowest BCUT2D eigenvalue weighted by Crippen LogP contribution is -2.31. The van der Waals surface area contributed by atoms with Gasteiger partial charge in [0.25, 0.3) is 5.91 Å². The molecule has 0 unspecified atom stereocenters. The molecule has 4 aromatic rings. The van der Waals surface area contributed by atoms with Gasteiger partial charge in [-0.1, -0.05) is 23.5 Å². The van der Waals surface area contributed by atoms with Crippen LogP contribution in [0.1, 0.15) is 27.2 Å². The number of nitrogens with zero attached hydrogens (tertiary/aromatic N) is 3. The van der Waals surface area contributed by atoms with Crippen LogP contribution in [0.2, 0.25) is 0 Å². The zero-order chi connectivity index (χ0) is 20.5. The van der Waals surface area contributed by atoms with E-state index in [4.69, 9.17) is 0 Å². The molecule has 0 N–H and O–H groups in total. The van der Waals surface area contributed by atoms with Crippen LogP contribution in [0.5, 0.6) is 0 Å². The molecule has 0 saturated heterocycles. The first-order chi connectivity index (χ1) is 13.9. The zero-order valence-electron chi connectivity index (χ0n) is 15.8. The molecule has 0 radical (unpaired) electrons. The molecule has 0 spiro atoms. The number of aryl methyl sites for hydroxylation is 2. The maximum absolute atomic E-state index is 14.3. The molecule has 2 aromatic carbocycles. The maximum Gasteiger partial charge on any atom is 0.263 e. The third-order valence-corrected chi connectivity index (χ3v) is 5.53. The van der Waals surface area contributed by atoms with Crippen molar-refractivity contribution in [2.45, 2.75) is 20.4 Å². The molecule has 0 aliphatic rings. The van der Waals surface area contributed by atoms with Crippen molar-refractivity contribution in [1.29, 1.82) is 0 Å². The Morgan fingerprint density at radius 1 is 1.10 bits per heavy atom. The van der Waals surface area contributed by atoms with Crippen molar-refractivity contribution in [1.82, 2.24) is 9.97 Å². The number of pyridine rings is 1. The van der Waals surface area contributed by atoms with E-state index in [0.29, 0.717) is 16.9 Å². The molecule has 0 saturated carbocycles. The number of hydrogen-bond donors (Lipinski definition) is 0. The van der Waals surface area contributed by atoms with E-state index in [9.17, 15) is 13.6 Å². The Morgan fingerprint density at radius 2 is 1.93 bits per heavy atom. The van der Waals surface area contributed by atoms with Gasteiger partial charge in [-0.15, -0.1) is 0 Å². The van der Waals surface area contributed by atoms with Gasteiger partial charge in [0.05, 0.1) is 28.0 Å². The number of hydrogen-bond acceptors (Lipinski definition) is 4. The molecule has 7 heteroatoms. The number of anilines is 1. The van der Waals surface area contributed by atoms with Crippen LogP contribution in [-0.4, -0.2) is 15.9 Å². The first kappa shape index (κ1) is 19.1. The topological polar surface area (TPSA) is 46.1 Å². The number of fused-ring (bicyclic) bond motifs is 1. The standard InChI is InChI=1S/C22H17F2N3OS/c1-13-9-14(2)20-19(10-13)29-22(26-20)27(12-16-5-3-4-8-25-16)21(28)17-7-6-15(23)11-18(17)24/h3-11H,12H2,1-2H3. The summed E-state index contributed by atoms with van der Waals surface area (Å²) in [6.07, 6.45) is 1.63. The lowest BCUT2D eigenvalue weighted by Gasteiger charge is -2.20. The SMILES string of the molecule is Cc1cc(C)c2nc(N(Cc3ccccn3)C(=O)c3ccc(F)cc3F)sc2c1. The highest BCUT2D eigenvalue weighted by Gasteiger charge is 2.25. The molecule has 2 aromatic heterocycles. The van der Waals surface area contributed by atoms with E-state index in [1.165, 1.54) is 16.2 Å². The molecular formula is C22H17F2N3OS. The van der Waals surface area contributed by atoms with E-state index in [0.717, 1.165) is 33.5 Å². The Hall–Kier alpha value is -3.19. The van der Waals surface area contributed by atoms with Crippen LogP contribution < -0.4 is 4.90 Å². The van der Waals surface area contributed by atoms with E-state index in [1.54, 1.807) is 18.3 Å². The summed E-state index contributed by atoms with van der Waals surface area (Å²) in [6.45, 7) is 4.08. The van der Waals surface area contributed by atoms with Gasteiger partial charge >= 0.3 is 0 Å². The van der Waals surface area contributed by atoms with E-state index < -0.39 is 17.5 Å². The Kier molecular flexibility index (Phi) is 5.07. The molecule has 0 fully saturated rings. The fourth-order valence-corrected chi connectivity index (χ4v) is 4.30. The quantitative estimate of drug-likeness (QED) is 0.451. The van der Waals surface area contributed by atoms with Crippen molar-refractivity contribution in [2.75, 3.05) is 4.90 Å². The molecular weight excluding hydrogens is 392 g/mol. The summed E-state index contributed by atoms with van der Waals surface area (Å²) in [5.74, 6) is -2.24. The highest BCUT2D eigenvalue weighted by Crippen LogP contribution is 2.33. The largest absolute Gasteiger partial charge is 0.278 e. The number of halogens is 2. The lowest BCUT2D eigenvalue weighted by atomic mass is 10.1. The van der Waals surface area contributed by atoms with Gasteiger partial charge in [-0.2, -0.15) is 0 Å². The van der Waals surface area contributed by atoms with Gasteiger partial charge in [-0.25, -0.2) is 13.8 Å². The number of thiazole rings is 1. The number of carbonyl (C=O) groups excluding carboxylic acids is 1. The fraction of sp³-hybridized carbons (Fsp3) is 0.136. The number of aromatic nitrogens is 2. The van der Waals surface area contributed by atoms with Crippen LogP contribution >= 0.6 is 11.3 Å². The summed E-state index contributed by atoms with van der Waals surface area (Å²) in [5.41, 5.74) is 3.32. The van der Waals surface area contributed by atoms with Crippen molar-refractivity contribution >= 4 is 32.6 Å². The maximum atomic E-state index is 14.3. The molecule has 1 amide bonds. The molecule has 0 aliphatic heterocycles.